The molecule has 0 saturated heterocycles. The molecule has 0 saturated carbocycles. The van der Waals surface area contributed by atoms with Crippen molar-refractivity contribution < 1.29 is 4.74 Å². The lowest BCUT2D eigenvalue weighted by Gasteiger charge is -2.13. The minimum atomic E-state index is 0.808. The van der Waals surface area contributed by atoms with Crippen molar-refractivity contribution in [1.82, 2.24) is 0 Å². The van der Waals surface area contributed by atoms with Gasteiger partial charge in [-0.15, -0.1) is 0 Å². The summed E-state index contributed by atoms with van der Waals surface area (Å²) < 4.78 is 5.44. The number of hydrogen-bond acceptors (Lipinski definition) is 3. The number of hydrogen-bond donors (Lipinski definition) is 2. The molecule has 122 valence electrons. The van der Waals surface area contributed by atoms with E-state index in [2.05, 4.69) is 66.9 Å². The lowest BCUT2D eigenvalue weighted by molar-refractivity contribution is 0.415. The topological polar surface area (TPSA) is 33.3 Å². The molecule has 3 aromatic carbocycles. The van der Waals surface area contributed by atoms with Gasteiger partial charge in [0.2, 0.25) is 0 Å². The zero-order valence-electron chi connectivity index (χ0n) is 14.3. The maximum absolute atomic E-state index is 5.44. The van der Waals surface area contributed by atoms with Crippen LogP contribution in [-0.2, 0) is 0 Å². The molecule has 0 aliphatic heterocycles. The highest BCUT2D eigenvalue weighted by molar-refractivity contribution is 5.71. The summed E-state index contributed by atoms with van der Waals surface area (Å²) in [7, 11) is 1.68. The van der Waals surface area contributed by atoms with Crippen LogP contribution in [0.2, 0.25) is 0 Å². The van der Waals surface area contributed by atoms with Gasteiger partial charge in [0.25, 0.3) is 0 Å². The average molecular weight is 318 g/mol. The Labute approximate surface area is 143 Å². The Morgan fingerprint density at radius 1 is 0.625 bits per heavy atom. The van der Waals surface area contributed by atoms with E-state index in [-0.39, 0.29) is 0 Å². The van der Waals surface area contributed by atoms with E-state index >= 15 is 0 Å². The molecule has 3 aromatic rings. The van der Waals surface area contributed by atoms with Gasteiger partial charge in [-0.1, -0.05) is 24.3 Å². The van der Waals surface area contributed by atoms with Gasteiger partial charge in [-0.05, 0) is 55.3 Å². The molecule has 0 aliphatic rings. The molecular weight excluding hydrogens is 296 g/mol. The SMILES string of the molecule is COc1cc(Nc2cccc(C)c2)cc(Nc2cccc(C)c2)c1. The molecule has 0 radical (unpaired) electrons. The molecule has 0 amide bonds. The molecule has 0 spiro atoms. The molecule has 3 rings (SSSR count). The Balaban J connectivity index is 1.87. The molecule has 0 aromatic heterocycles. The third kappa shape index (κ3) is 4.07. The minimum Gasteiger partial charge on any atom is -0.497 e. The Bertz CT molecular complexity index is 777. The molecule has 3 nitrogen and oxygen atoms in total. The van der Waals surface area contributed by atoms with Crippen molar-refractivity contribution in [1.29, 1.82) is 0 Å². The minimum absolute atomic E-state index is 0.808. The quantitative estimate of drug-likeness (QED) is 0.624. The van der Waals surface area contributed by atoms with Crippen molar-refractivity contribution in [3.8, 4) is 5.75 Å². The van der Waals surface area contributed by atoms with Gasteiger partial charge in [0.05, 0.1) is 7.11 Å². The van der Waals surface area contributed by atoms with Crippen LogP contribution < -0.4 is 15.4 Å². The predicted molar refractivity (Wildman–Crippen MR) is 102 cm³/mol. The molecule has 0 heterocycles. The van der Waals surface area contributed by atoms with E-state index in [4.69, 9.17) is 4.74 Å². The zero-order chi connectivity index (χ0) is 16.9. The highest BCUT2D eigenvalue weighted by atomic mass is 16.5. The third-order valence-corrected chi connectivity index (χ3v) is 3.76. The second kappa shape index (κ2) is 7.09. The van der Waals surface area contributed by atoms with Gasteiger partial charge >= 0.3 is 0 Å². The molecule has 0 bridgehead atoms. The second-order valence-electron chi connectivity index (χ2n) is 5.94. The van der Waals surface area contributed by atoms with Gasteiger partial charge in [-0.3, -0.25) is 0 Å². The molecule has 0 fully saturated rings. The van der Waals surface area contributed by atoms with Gasteiger partial charge < -0.3 is 15.4 Å². The van der Waals surface area contributed by atoms with Crippen molar-refractivity contribution in [3.63, 3.8) is 0 Å². The van der Waals surface area contributed by atoms with Crippen LogP contribution in [0.15, 0.2) is 66.7 Å². The monoisotopic (exact) mass is 318 g/mol. The fourth-order valence-corrected chi connectivity index (χ4v) is 2.64. The van der Waals surface area contributed by atoms with Crippen molar-refractivity contribution in [2.45, 2.75) is 13.8 Å². The summed E-state index contributed by atoms with van der Waals surface area (Å²) in [4.78, 5) is 0. The number of aryl methyl sites for hydroxylation is 2. The first-order chi connectivity index (χ1) is 11.6. The number of anilines is 4. The van der Waals surface area contributed by atoms with Crippen LogP contribution >= 0.6 is 0 Å². The highest BCUT2D eigenvalue weighted by Gasteiger charge is 2.03. The number of rotatable bonds is 5. The third-order valence-electron chi connectivity index (χ3n) is 3.76. The van der Waals surface area contributed by atoms with Gasteiger partial charge in [0, 0.05) is 34.9 Å². The van der Waals surface area contributed by atoms with Crippen LogP contribution in [0.5, 0.6) is 5.75 Å². The summed E-state index contributed by atoms with van der Waals surface area (Å²) in [6, 6.07) is 22.7. The van der Waals surface area contributed by atoms with E-state index < -0.39 is 0 Å². The Hall–Kier alpha value is -2.94. The van der Waals surface area contributed by atoms with Crippen molar-refractivity contribution in [2.24, 2.45) is 0 Å². The summed E-state index contributed by atoms with van der Waals surface area (Å²) in [6.07, 6.45) is 0. The first-order valence-electron chi connectivity index (χ1n) is 7.99. The van der Waals surface area contributed by atoms with Gasteiger partial charge in [-0.25, -0.2) is 0 Å². The van der Waals surface area contributed by atoms with Crippen LogP contribution in [0.4, 0.5) is 22.7 Å². The lowest BCUT2D eigenvalue weighted by Crippen LogP contribution is -1.96. The highest BCUT2D eigenvalue weighted by Crippen LogP contribution is 2.29. The summed E-state index contributed by atoms with van der Waals surface area (Å²) in [6.45, 7) is 4.17. The predicted octanol–water partition coefficient (Wildman–Crippen LogP) is 5.80. The zero-order valence-corrected chi connectivity index (χ0v) is 14.3. The molecular formula is C21H22N2O. The van der Waals surface area contributed by atoms with E-state index in [1.165, 1.54) is 11.1 Å². The van der Waals surface area contributed by atoms with E-state index in [1.807, 2.05) is 24.3 Å². The number of methoxy groups -OCH3 is 1. The van der Waals surface area contributed by atoms with E-state index in [1.54, 1.807) is 7.11 Å². The summed E-state index contributed by atoms with van der Waals surface area (Å²) in [5, 5.41) is 6.87. The van der Waals surface area contributed by atoms with Gasteiger partial charge in [0.15, 0.2) is 0 Å². The summed E-state index contributed by atoms with van der Waals surface area (Å²) >= 11 is 0. The van der Waals surface area contributed by atoms with Crippen molar-refractivity contribution in [2.75, 3.05) is 17.7 Å². The van der Waals surface area contributed by atoms with Crippen LogP contribution in [0.25, 0.3) is 0 Å². The molecule has 0 aliphatic carbocycles. The number of benzene rings is 3. The first kappa shape index (κ1) is 15.9. The fraction of sp³-hybridized carbons (Fsp3) is 0.143. The number of nitrogens with one attached hydrogen (secondary N) is 2. The lowest BCUT2D eigenvalue weighted by atomic mass is 10.2. The molecule has 3 heteroatoms. The van der Waals surface area contributed by atoms with Crippen LogP contribution in [-0.4, -0.2) is 7.11 Å². The molecule has 0 atom stereocenters. The first-order valence-corrected chi connectivity index (χ1v) is 7.99. The smallest absolute Gasteiger partial charge is 0.123 e. The van der Waals surface area contributed by atoms with Gasteiger partial charge in [0.1, 0.15) is 5.75 Å². The Morgan fingerprint density at radius 2 is 1.12 bits per heavy atom. The average Bonchev–Trinajstić information content (AvgIpc) is 2.54. The normalized spacial score (nSPS) is 10.3. The van der Waals surface area contributed by atoms with Crippen LogP contribution in [0, 0.1) is 13.8 Å². The molecule has 24 heavy (non-hydrogen) atoms. The summed E-state index contributed by atoms with van der Waals surface area (Å²) in [5.41, 5.74) is 6.53. The number of ether oxygens (including phenoxy) is 1. The Morgan fingerprint density at radius 3 is 1.54 bits per heavy atom. The van der Waals surface area contributed by atoms with Crippen molar-refractivity contribution >= 4 is 22.7 Å². The van der Waals surface area contributed by atoms with E-state index in [0.29, 0.717) is 0 Å². The van der Waals surface area contributed by atoms with Crippen LogP contribution in [0.1, 0.15) is 11.1 Å². The Kier molecular flexibility index (Phi) is 4.71. The summed E-state index contributed by atoms with van der Waals surface area (Å²) in [5.74, 6) is 0.808. The largest absolute Gasteiger partial charge is 0.497 e. The second-order valence-corrected chi connectivity index (χ2v) is 5.94. The van der Waals surface area contributed by atoms with Gasteiger partial charge in [-0.2, -0.15) is 0 Å². The van der Waals surface area contributed by atoms with E-state index in [0.717, 1.165) is 28.5 Å². The maximum atomic E-state index is 5.44. The van der Waals surface area contributed by atoms with Crippen LogP contribution in [0.3, 0.4) is 0 Å². The fourth-order valence-electron chi connectivity index (χ4n) is 2.64. The molecule has 0 unspecified atom stereocenters. The standard InChI is InChI=1S/C21H22N2O/c1-15-6-4-8-17(10-15)22-19-12-20(14-21(13-19)24-3)23-18-9-5-7-16(2)11-18/h4-14,22-23H,1-3H3. The maximum Gasteiger partial charge on any atom is 0.123 e. The molecule has 2 N–H and O–H groups in total. The van der Waals surface area contributed by atoms with Crippen molar-refractivity contribution in [3.05, 3.63) is 77.9 Å². The van der Waals surface area contributed by atoms with E-state index in [9.17, 15) is 0 Å².